The lowest BCUT2D eigenvalue weighted by atomic mass is 9.81. The summed E-state index contributed by atoms with van der Waals surface area (Å²) in [5.74, 6) is -2.37. The lowest BCUT2D eigenvalue weighted by Gasteiger charge is -2.44. The van der Waals surface area contributed by atoms with E-state index >= 15 is 0 Å². The Bertz CT molecular complexity index is 1540. The van der Waals surface area contributed by atoms with Gasteiger partial charge in [0.2, 0.25) is 0 Å². The van der Waals surface area contributed by atoms with E-state index in [9.17, 15) is 19.7 Å². The average molecular weight is 615 g/mol. The highest BCUT2D eigenvalue weighted by Crippen LogP contribution is 2.40. The van der Waals surface area contributed by atoms with Crippen LogP contribution >= 0.6 is 0 Å². The van der Waals surface area contributed by atoms with E-state index in [1.54, 1.807) is 26.8 Å². The minimum Gasteiger partial charge on any atom is -0.460 e. The second-order valence-electron chi connectivity index (χ2n) is 10.9. The maximum absolute atomic E-state index is 13.8. The highest BCUT2D eigenvalue weighted by atomic mass is 16.6. The molecule has 1 fully saturated rings. The molecule has 2 aliphatic rings. The minimum absolute atomic E-state index is 0.00271. The average Bonchev–Trinajstić information content (AvgIpc) is 3.01. The SMILES string of the molecule is CC1=C(C(=O)OC(C)C)C(c2cccc([N+](=O)[O-])c2)C(C(=O)OC2CN(C(c3ccccc3)c3ccccc3)C2)=C(N)N1.CO. The van der Waals surface area contributed by atoms with Crippen LogP contribution < -0.4 is 11.1 Å². The van der Waals surface area contributed by atoms with Gasteiger partial charge in [-0.05, 0) is 37.5 Å². The molecule has 1 saturated heterocycles. The molecule has 1 unspecified atom stereocenters. The third kappa shape index (κ3) is 7.39. The highest BCUT2D eigenvalue weighted by molar-refractivity contribution is 6.00. The van der Waals surface area contributed by atoms with Crippen LogP contribution in [0, 0.1) is 10.1 Å². The monoisotopic (exact) mass is 614 g/mol. The summed E-state index contributed by atoms with van der Waals surface area (Å²) in [5.41, 5.74) is 9.31. The van der Waals surface area contributed by atoms with Gasteiger partial charge in [0.05, 0.1) is 34.1 Å². The molecule has 0 aliphatic carbocycles. The van der Waals surface area contributed by atoms with E-state index in [0.29, 0.717) is 24.4 Å². The number of aliphatic hydroxyl groups is 1. The number of aliphatic hydroxyl groups excluding tert-OH is 1. The Kier molecular flexibility index (Phi) is 10.7. The molecular formula is C34H38N4O7. The number of esters is 2. The Morgan fingerprint density at radius 3 is 2.04 bits per heavy atom. The number of ether oxygens (including phenoxy) is 2. The zero-order valence-electron chi connectivity index (χ0n) is 25.7. The van der Waals surface area contributed by atoms with E-state index in [0.717, 1.165) is 18.2 Å². The Balaban J connectivity index is 0.00000226. The van der Waals surface area contributed by atoms with Crippen molar-refractivity contribution in [2.24, 2.45) is 5.73 Å². The molecule has 5 rings (SSSR count). The first-order chi connectivity index (χ1) is 21.6. The second kappa shape index (κ2) is 14.7. The van der Waals surface area contributed by atoms with Crippen molar-refractivity contribution in [3.05, 3.63) is 134 Å². The van der Waals surface area contributed by atoms with Gasteiger partial charge in [0.25, 0.3) is 5.69 Å². The van der Waals surface area contributed by atoms with Gasteiger partial charge in [-0.2, -0.15) is 0 Å². The highest BCUT2D eigenvalue weighted by Gasteiger charge is 2.42. The van der Waals surface area contributed by atoms with E-state index in [2.05, 4.69) is 34.5 Å². The van der Waals surface area contributed by atoms with Crippen LogP contribution in [0.5, 0.6) is 0 Å². The van der Waals surface area contributed by atoms with Gasteiger partial charge < -0.3 is 25.6 Å². The maximum atomic E-state index is 13.8. The molecule has 1 atom stereocenters. The normalized spacial score (nSPS) is 16.8. The van der Waals surface area contributed by atoms with Crippen molar-refractivity contribution in [3.63, 3.8) is 0 Å². The summed E-state index contributed by atoms with van der Waals surface area (Å²) in [6.07, 6.45) is -0.855. The molecule has 2 aliphatic heterocycles. The molecule has 11 nitrogen and oxygen atoms in total. The van der Waals surface area contributed by atoms with E-state index in [1.165, 1.54) is 18.2 Å². The van der Waals surface area contributed by atoms with E-state index in [1.807, 2.05) is 36.4 Å². The van der Waals surface area contributed by atoms with E-state index in [-0.39, 0.29) is 28.7 Å². The number of rotatable bonds is 9. The summed E-state index contributed by atoms with van der Waals surface area (Å²) in [4.78, 5) is 40.4. The Labute approximate surface area is 262 Å². The summed E-state index contributed by atoms with van der Waals surface area (Å²) >= 11 is 0. The predicted molar refractivity (Wildman–Crippen MR) is 168 cm³/mol. The first-order valence-corrected chi connectivity index (χ1v) is 14.6. The molecule has 11 heteroatoms. The number of carbonyl (C=O) groups is 2. The number of nitro benzene ring substituents is 1. The zero-order chi connectivity index (χ0) is 32.7. The number of nitro groups is 1. The molecule has 4 N–H and O–H groups in total. The van der Waals surface area contributed by atoms with Crippen LogP contribution in [-0.2, 0) is 19.1 Å². The summed E-state index contributed by atoms with van der Waals surface area (Å²) in [5, 5.41) is 21.5. The largest absolute Gasteiger partial charge is 0.460 e. The lowest BCUT2D eigenvalue weighted by molar-refractivity contribution is -0.384. The number of allylic oxidation sites excluding steroid dienone is 1. The molecule has 3 aromatic carbocycles. The van der Waals surface area contributed by atoms with Gasteiger partial charge in [-0.1, -0.05) is 72.8 Å². The van der Waals surface area contributed by atoms with Crippen LogP contribution in [0.3, 0.4) is 0 Å². The Morgan fingerprint density at radius 2 is 1.51 bits per heavy atom. The fourth-order valence-electron chi connectivity index (χ4n) is 5.64. The zero-order valence-corrected chi connectivity index (χ0v) is 25.7. The van der Waals surface area contributed by atoms with E-state index in [4.69, 9.17) is 20.3 Å². The molecule has 0 spiro atoms. The van der Waals surface area contributed by atoms with Crippen molar-refractivity contribution in [1.82, 2.24) is 10.2 Å². The quantitative estimate of drug-likeness (QED) is 0.180. The standard InChI is InChI=1S/C33H34N4O6.CH4O/c1-20(2)42-32(38)27-21(3)35-31(34)29(28(27)24-15-10-16-25(17-24)37(40)41)33(39)43-26-18-36(19-26)30(22-11-6-4-7-12-22)23-13-8-5-9-14-23;1-2/h4-17,20,26,28,30,35H,18-19,34H2,1-3H3;2H,1H3. The number of likely N-dealkylation sites (tertiary alicyclic amines) is 1. The number of benzene rings is 3. The van der Waals surface area contributed by atoms with Crippen LogP contribution in [0.2, 0.25) is 0 Å². The fourth-order valence-corrected chi connectivity index (χ4v) is 5.64. The molecular weight excluding hydrogens is 576 g/mol. The summed E-state index contributed by atoms with van der Waals surface area (Å²) < 4.78 is 11.5. The van der Waals surface area contributed by atoms with Gasteiger partial charge in [0.15, 0.2) is 0 Å². The second-order valence-corrected chi connectivity index (χ2v) is 10.9. The number of nitrogens with zero attached hydrogens (tertiary/aromatic N) is 2. The summed E-state index contributed by atoms with van der Waals surface area (Å²) in [6.45, 7) is 6.05. The predicted octanol–water partition coefficient (Wildman–Crippen LogP) is 4.30. The molecule has 236 valence electrons. The van der Waals surface area contributed by atoms with Crippen LogP contribution in [0.15, 0.2) is 108 Å². The number of non-ortho nitro benzene ring substituents is 1. The van der Waals surface area contributed by atoms with Crippen molar-refractivity contribution < 1.29 is 29.1 Å². The Morgan fingerprint density at radius 1 is 0.933 bits per heavy atom. The smallest absolute Gasteiger partial charge is 0.339 e. The topological polar surface area (TPSA) is 157 Å². The first kappa shape index (κ1) is 32.9. The third-order valence-corrected chi connectivity index (χ3v) is 7.54. The molecule has 0 aromatic heterocycles. The number of carbonyl (C=O) groups excluding carboxylic acids is 2. The molecule has 0 radical (unpaired) electrons. The van der Waals surface area contributed by atoms with Crippen molar-refractivity contribution in [3.8, 4) is 0 Å². The molecule has 2 heterocycles. The van der Waals surface area contributed by atoms with Gasteiger partial charge in [-0.15, -0.1) is 0 Å². The van der Waals surface area contributed by atoms with Gasteiger partial charge >= 0.3 is 11.9 Å². The number of hydrogen-bond acceptors (Lipinski definition) is 10. The molecule has 0 amide bonds. The fraction of sp³-hybridized carbons (Fsp3) is 0.294. The third-order valence-electron chi connectivity index (χ3n) is 7.54. The van der Waals surface area contributed by atoms with Crippen molar-refractivity contribution >= 4 is 17.6 Å². The van der Waals surface area contributed by atoms with Crippen LogP contribution in [0.1, 0.15) is 49.4 Å². The van der Waals surface area contributed by atoms with Crippen molar-refractivity contribution in [2.45, 2.75) is 44.9 Å². The first-order valence-electron chi connectivity index (χ1n) is 14.6. The number of nitrogens with one attached hydrogen (secondary N) is 1. The van der Waals surface area contributed by atoms with Crippen LogP contribution in [0.4, 0.5) is 5.69 Å². The van der Waals surface area contributed by atoms with Crippen LogP contribution in [-0.4, -0.2) is 59.3 Å². The van der Waals surface area contributed by atoms with Gasteiger partial charge in [-0.3, -0.25) is 15.0 Å². The molecule has 45 heavy (non-hydrogen) atoms. The number of dihydropyridines is 1. The van der Waals surface area contributed by atoms with Crippen LogP contribution in [0.25, 0.3) is 0 Å². The molecule has 3 aromatic rings. The minimum atomic E-state index is -1.03. The van der Waals surface area contributed by atoms with Crippen molar-refractivity contribution in [1.29, 1.82) is 0 Å². The number of hydrogen-bond donors (Lipinski definition) is 3. The Hall–Kier alpha value is -5.00. The van der Waals surface area contributed by atoms with Gasteiger partial charge in [0.1, 0.15) is 11.9 Å². The molecule has 0 saturated carbocycles. The number of nitrogens with two attached hydrogens (primary N) is 1. The van der Waals surface area contributed by atoms with Gasteiger partial charge in [0, 0.05) is 38.0 Å². The van der Waals surface area contributed by atoms with E-state index < -0.39 is 35.0 Å². The molecule has 0 bridgehead atoms. The maximum Gasteiger partial charge on any atom is 0.339 e. The summed E-state index contributed by atoms with van der Waals surface area (Å²) in [7, 11) is 1.00. The van der Waals surface area contributed by atoms with Gasteiger partial charge in [-0.25, -0.2) is 9.59 Å². The lowest BCUT2D eigenvalue weighted by Crippen LogP contribution is -2.54. The van der Waals surface area contributed by atoms with Crippen molar-refractivity contribution in [2.75, 3.05) is 20.2 Å². The summed E-state index contributed by atoms with van der Waals surface area (Å²) in [6, 6.07) is 26.0.